The van der Waals surface area contributed by atoms with Crippen LogP contribution in [0, 0.1) is 0 Å². The minimum absolute atomic E-state index is 0.0271. The molecule has 0 spiro atoms. The Morgan fingerprint density at radius 2 is 1.81 bits per heavy atom. The van der Waals surface area contributed by atoms with Gasteiger partial charge in [0, 0.05) is 48.2 Å². The van der Waals surface area contributed by atoms with Gasteiger partial charge >= 0.3 is 0 Å². The van der Waals surface area contributed by atoms with Crippen LogP contribution in [0.3, 0.4) is 0 Å². The number of rotatable bonds is 3. The van der Waals surface area contributed by atoms with Crippen LogP contribution in [0.2, 0.25) is 5.02 Å². The largest absolute Gasteiger partial charge is 0.440 e. The average Bonchev–Trinajstić information content (AvgIpc) is 3.22. The van der Waals surface area contributed by atoms with Crippen LogP contribution in [0.4, 0.5) is 5.69 Å². The fraction of sp³-hybridized carbons (Fsp3) is 0.375. The van der Waals surface area contributed by atoms with Crippen LogP contribution in [0.25, 0.3) is 11.1 Å². The van der Waals surface area contributed by atoms with Gasteiger partial charge < -0.3 is 14.2 Å². The summed E-state index contributed by atoms with van der Waals surface area (Å²) in [4.78, 5) is 33.4. The summed E-state index contributed by atoms with van der Waals surface area (Å²) in [7, 11) is 0. The third-order valence-electron chi connectivity index (χ3n) is 6.25. The number of carbonyl (C=O) groups excluding carboxylic acids is 2. The molecule has 0 aliphatic carbocycles. The van der Waals surface area contributed by atoms with Crippen LogP contribution in [-0.2, 0) is 4.79 Å². The maximum atomic E-state index is 13.0. The van der Waals surface area contributed by atoms with Crippen molar-refractivity contribution in [1.82, 2.24) is 9.88 Å². The van der Waals surface area contributed by atoms with Crippen molar-refractivity contribution in [3.63, 3.8) is 0 Å². The summed E-state index contributed by atoms with van der Waals surface area (Å²) in [5, 5.41) is 0.642. The zero-order valence-corrected chi connectivity index (χ0v) is 18.0. The van der Waals surface area contributed by atoms with E-state index in [1.165, 1.54) is 0 Å². The minimum atomic E-state index is 0.0271. The summed E-state index contributed by atoms with van der Waals surface area (Å²) in [6.07, 6.45) is 4.20. The molecule has 6 nitrogen and oxygen atoms in total. The van der Waals surface area contributed by atoms with Crippen molar-refractivity contribution in [2.75, 3.05) is 24.5 Å². The van der Waals surface area contributed by atoms with E-state index >= 15 is 0 Å². The van der Waals surface area contributed by atoms with Crippen molar-refractivity contribution in [3.8, 4) is 0 Å². The van der Waals surface area contributed by atoms with Crippen LogP contribution in [-0.4, -0.2) is 41.3 Å². The zero-order valence-electron chi connectivity index (χ0n) is 17.2. The van der Waals surface area contributed by atoms with E-state index in [1.807, 2.05) is 46.2 Å². The molecule has 0 radical (unpaired) electrons. The summed E-state index contributed by atoms with van der Waals surface area (Å²) in [5.41, 5.74) is 3.04. The van der Waals surface area contributed by atoms with Crippen LogP contribution >= 0.6 is 11.6 Å². The Labute approximate surface area is 185 Å². The maximum Gasteiger partial charge on any atom is 0.253 e. The molecule has 2 aliphatic rings. The Balaban J connectivity index is 1.22. The van der Waals surface area contributed by atoms with Gasteiger partial charge in [0.1, 0.15) is 5.52 Å². The highest BCUT2D eigenvalue weighted by molar-refractivity contribution is 6.31. The van der Waals surface area contributed by atoms with Gasteiger partial charge in [-0.15, -0.1) is 0 Å². The SMILES string of the molecule is O=C(c1ccc(N2CCCCC2=O)cc1)N1CCC(c2nc3cc(Cl)ccc3o2)CC1. The minimum Gasteiger partial charge on any atom is -0.440 e. The first kappa shape index (κ1) is 20.1. The number of nitrogens with zero attached hydrogens (tertiary/aromatic N) is 3. The lowest BCUT2D eigenvalue weighted by Gasteiger charge is -2.31. The Bertz CT molecular complexity index is 1120. The topological polar surface area (TPSA) is 66.7 Å². The van der Waals surface area contributed by atoms with Crippen molar-refractivity contribution in [2.45, 2.75) is 38.0 Å². The van der Waals surface area contributed by atoms with E-state index in [0.717, 1.165) is 54.9 Å². The monoisotopic (exact) mass is 437 g/mol. The first-order valence-corrected chi connectivity index (χ1v) is 11.2. The predicted octanol–water partition coefficient (Wildman–Crippen LogP) is 5.02. The highest BCUT2D eigenvalue weighted by atomic mass is 35.5. The Kier molecular flexibility index (Phi) is 5.40. The maximum absolute atomic E-state index is 13.0. The second-order valence-corrected chi connectivity index (χ2v) is 8.72. The molecule has 0 saturated carbocycles. The third-order valence-corrected chi connectivity index (χ3v) is 6.48. The molecule has 5 rings (SSSR count). The molecule has 3 aromatic rings. The number of piperidine rings is 2. The van der Waals surface area contributed by atoms with E-state index in [1.54, 1.807) is 6.07 Å². The van der Waals surface area contributed by atoms with E-state index in [2.05, 4.69) is 4.98 Å². The molecule has 7 heteroatoms. The molecule has 2 amide bonds. The van der Waals surface area contributed by atoms with Crippen LogP contribution in [0.5, 0.6) is 0 Å². The van der Waals surface area contributed by atoms with E-state index in [9.17, 15) is 9.59 Å². The van der Waals surface area contributed by atoms with E-state index in [4.69, 9.17) is 16.0 Å². The zero-order chi connectivity index (χ0) is 21.4. The van der Waals surface area contributed by atoms with Gasteiger partial charge in [-0.3, -0.25) is 9.59 Å². The number of amides is 2. The number of oxazole rings is 1. The standard InChI is InChI=1S/C24H24ClN3O3/c25-18-6-9-21-20(15-18)26-23(31-21)16-10-13-27(14-11-16)24(30)17-4-7-19(8-5-17)28-12-2-1-3-22(28)29/h4-9,15-16H,1-3,10-14H2. The van der Waals surface area contributed by atoms with Crippen molar-refractivity contribution >= 4 is 40.2 Å². The molecular formula is C24H24ClN3O3. The number of carbonyl (C=O) groups is 2. The van der Waals surface area contributed by atoms with Gasteiger partial charge in [-0.05, 0) is 68.1 Å². The second kappa shape index (κ2) is 8.35. The van der Waals surface area contributed by atoms with Gasteiger partial charge in [-0.1, -0.05) is 11.6 Å². The van der Waals surface area contributed by atoms with Crippen molar-refractivity contribution in [2.24, 2.45) is 0 Å². The van der Waals surface area contributed by atoms with Gasteiger partial charge in [0.25, 0.3) is 5.91 Å². The molecule has 2 fully saturated rings. The molecule has 2 aliphatic heterocycles. The summed E-state index contributed by atoms with van der Waals surface area (Å²) in [5.74, 6) is 1.11. The first-order chi connectivity index (χ1) is 15.1. The number of aromatic nitrogens is 1. The number of anilines is 1. The Hall–Kier alpha value is -2.86. The molecule has 0 N–H and O–H groups in total. The summed E-state index contributed by atoms with van der Waals surface area (Å²) >= 11 is 6.04. The molecular weight excluding hydrogens is 414 g/mol. The molecule has 31 heavy (non-hydrogen) atoms. The van der Waals surface area contributed by atoms with Crippen LogP contribution < -0.4 is 4.90 Å². The van der Waals surface area contributed by atoms with Gasteiger partial charge in [0.15, 0.2) is 11.5 Å². The van der Waals surface area contributed by atoms with Gasteiger partial charge in [-0.2, -0.15) is 0 Å². The highest BCUT2D eigenvalue weighted by Crippen LogP contribution is 2.31. The van der Waals surface area contributed by atoms with Gasteiger partial charge in [0.2, 0.25) is 5.91 Å². The third kappa shape index (κ3) is 4.04. The normalized spacial score (nSPS) is 18.0. The molecule has 0 atom stereocenters. The molecule has 0 bridgehead atoms. The number of likely N-dealkylation sites (tertiary alicyclic amines) is 1. The van der Waals surface area contributed by atoms with Crippen LogP contribution in [0.1, 0.15) is 54.3 Å². The quantitative estimate of drug-likeness (QED) is 0.577. The summed E-state index contributed by atoms with van der Waals surface area (Å²) in [6, 6.07) is 12.9. The van der Waals surface area contributed by atoms with Crippen LogP contribution in [0.15, 0.2) is 46.9 Å². The van der Waals surface area contributed by atoms with E-state index in [0.29, 0.717) is 30.1 Å². The summed E-state index contributed by atoms with van der Waals surface area (Å²) < 4.78 is 5.92. The smallest absolute Gasteiger partial charge is 0.253 e. The molecule has 2 aromatic carbocycles. The molecule has 1 aromatic heterocycles. The van der Waals surface area contributed by atoms with Crippen molar-refractivity contribution < 1.29 is 14.0 Å². The Morgan fingerprint density at radius 3 is 2.55 bits per heavy atom. The molecule has 3 heterocycles. The highest BCUT2D eigenvalue weighted by Gasteiger charge is 2.28. The Morgan fingerprint density at radius 1 is 1.03 bits per heavy atom. The van der Waals surface area contributed by atoms with Crippen molar-refractivity contribution in [3.05, 3.63) is 58.9 Å². The number of benzene rings is 2. The predicted molar refractivity (Wildman–Crippen MR) is 120 cm³/mol. The van der Waals surface area contributed by atoms with Gasteiger partial charge in [-0.25, -0.2) is 4.98 Å². The summed E-state index contributed by atoms with van der Waals surface area (Å²) in [6.45, 7) is 2.08. The van der Waals surface area contributed by atoms with Crippen molar-refractivity contribution in [1.29, 1.82) is 0 Å². The number of hydrogen-bond donors (Lipinski definition) is 0. The number of fused-ring (bicyclic) bond motifs is 1. The lowest BCUT2D eigenvalue weighted by molar-refractivity contribution is -0.119. The lowest BCUT2D eigenvalue weighted by Crippen LogP contribution is -2.38. The molecule has 160 valence electrons. The number of halogens is 1. The average molecular weight is 438 g/mol. The fourth-order valence-electron chi connectivity index (χ4n) is 4.47. The second-order valence-electron chi connectivity index (χ2n) is 8.28. The van der Waals surface area contributed by atoms with Gasteiger partial charge in [0.05, 0.1) is 0 Å². The van der Waals surface area contributed by atoms with E-state index in [-0.39, 0.29) is 17.7 Å². The first-order valence-electron chi connectivity index (χ1n) is 10.8. The molecule has 0 unspecified atom stereocenters. The fourth-order valence-corrected chi connectivity index (χ4v) is 4.63. The van der Waals surface area contributed by atoms with E-state index < -0.39 is 0 Å². The molecule has 2 saturated heterocycles. The number of hydrogen-bond acceptors (Lipinski definition) is 4. The lowest BCUT2D eigenvalue weighted by atomic mass is 9.96.